The Kier molecular flexibility index (Phi) is 4.09. The van der Waals surface area contributed by atoms with Gasteiger partial charge in [0, 0.05) is 6.20 Å². The Hall–Kier alpha value is -3.30. The Labute approximate surface area is 150 Å². The monoisotopic (exact) mass is 378 g/mol. The maximum absolute atomic E-state index is 12.9. The molecule has 1 aliphatic heterocycles. The van der Waals surface area contributed by atoms with Crippen molar-refractivity contribution in [3.8, 4) is 11.5 Å². The van der Waals surface area contributed by atoms with Crippen LogP contribution < -0.4 is 14.8 Å². The van der Waals surface area contributed by atoms with Gasteiger partial charge in [-0.05, 0) is 24.3 Å². The first kappa shape index (κ1) is 17.1. The van der Waals surface area contributed by atoms with E-state index >= 15 is 0 Å². The van der Waals surface area contributed by atoms with E-state index in [1.807, 2.05) is 0 Å². The molecule has 4 rings (SSSR count). The molecular weight excluding hydrogens is 365 g/mol. The minimum absolute atomic E-state index is 0.0294. The molecule has 3 aromatic rings. The van der Waals surface area contributed by atoms with Crippen LogP contribution in [0.15, 0.2) is 42.6 Å². The van der Waals surface area contributed by atoms with Gasteiger partial charge in [-0.2, -0.15) is 13.2 Å². The fourth-order valence-corrected chi connectivity index (χ4v) is 2.66. The fraction of sp³-hybridized carbons (Fsp3) is 0.235. The highest BCUT2D eigenvalue weighted by molar-refractivity contribution is 5.81. The summed E-state index contributed by atoms with van der Waals surface area (Å²) >= 11 is 0. The van der Waals surface area contributed by atoms with Gasteiger partial charge >= 0.3 is 6.18 Å². The smallest absolute Gasteiger partial charge is 0.417 e. The number of rotatable bonds is 3. The highest BCUT2D eigenvalue weighted by Gasteiger charge is 2.31. The van der Waals surface area contributed by atoms with Crippen LogP contribution in [0.4, 0.5) is 13.2 Å². The van der Waals surface area contributed by atoms with Crippen LogP contribution in [0.1, 0.15) is 11.4 Å². The Balaban J connectivity index is 1.46. The van der Waals surface area contributed by atoms with Crippen LogP contribution in [-0.4, -0.2) is 33.2 Å². The zero-order valence-electron chi connectivity index (χ0n) is 13.7. The molecule has 1 unspecified atom stereocenters. The Morgan fingerprint density at radius 2 is 1.96 bits per heavy atom. The summed E-state index contributed by atoms with van der Waals surface area (Å²) < 4.78 is 50.9. The molecule has 0 spiro atoms. The number of benzene rings is 1. The number of hydrogen-bond acceptors (Lipinski definition) is 5. The second-order valence-electron chi connectivity index (χ2n) is 5.84. The van der Waals surface area contributed by atoms with Crippen molar-refractivity contribution in [3.05, 3.63) is 54.0 Å². The molecular formula is C17H13F3N4O3. The lowest BCUT2D eigenvalue weighted by atomic mass is 10.2. The maximum Gasteiger partial charge on any atom is 0.417 e. The number of alkyl halides is 3. The zero-order chi connectivity index (χ0) is 19.0. The lowest BCUT2D eigenvalue weighted by Gasteiger charge is -2.25. The molecule has 0 saturated carbocycles. The van der Waals surface area contributed by atoms with Crippen LogP contribution in [-0.2, 0) is 17.5 Å². The average molecular weight is 378 g/mol. The van der Waals surface area contributed by atoms with Crippen LogP contribution in [0.2, 0.25) is 0 Å². The molecule has 0 aliphatic carbocycles. The highest BCUT2D eigenvalue weighted by atomic mass is 19.4. The van der Waals surface area contributed by atoms with E-state index in [-0.39, 0.29) is 24.6 Å². The molecule has 140 valence electrons. The van der Waals surface area contributed by atoms with Gasteiger partial charge in [-0.15, -0.1) is 10.2 Å². The van der Waals surface area contributed by atoms with Crippen molar-refractivity contribution in [3.63, 3.8) is 0 Å². The van der Waals surface area contributed by atoms with E-state index in [1.165, 1.54) is 10.5 Å². The normalized spacial score (nSPS) is 16.3. The van der Waals surface area contributed by atoms with Crippen LogP contribution in [0, 0.1) is 0 Å². The number of ether oxygens (including phenoxy) is 2. The Morgan fingerprint density at radius 1 is 1.19 bits per heavy atom. The van der Waals surface area contributed by atoms with Gasteiger partial charge in [-0.1, -0.05) is 12.1 Å². The molecule has 1 N–H and O–H groups in total. The third-order valence-corrected chi connectivity index (χ3v) is 4.02. The van der Waals surface area contributed by atoms with Gasteiger partial charge in [0.15, 0.2) is 23.0 Å². The van der Waals surface area contributed by atoms with Crippen molar-refractivity contribution in [2.24, 2.45) is 0 Å². The SMILES string of the molecule is O=C(NCc1nnc2ccc(C(F)(F)F)cn12)C1COc2ccccc2O1. The largest absolute Gasteiger partial charge is 0.485 e. The number of carbonyl (C=O) groups excluding carboxylic acids is 1. The van der Waals surface area contributed by atoms with Crippen molar-refractivity contribution in [1.82, 2.24) is 19.9 Å². The molecule has 7 nitrogen and oxygen atoms in total. The third-order valence-electron chi connectivity index (χ3n) is 4.02. The minimum Gasteiger partial charge on any atom is -0.485 e. The van der Waals surface area contributed by atoms with Crippen molar-refractivity contribution >= 4 is 11.6 Å². The lowest BCUT2D eigenvalue weighted by molar-refractivity contribution is -0.138. The number of nitrogens with zero attached hydrogens (tertiary/aromatic N) is 3. The summed E-state index contributed by atoms with van der Waals surface area (Å²) in [6.45, 7) is -0.0789. The Morgan fingerprint density at radius 3 is 2.74 bits per heavy atom. The summed E-state index contributed by atoms with van der Waals surface area (Å²) in [5.74, 6) is 0.700. The number of hydrogen-bond donors (Lipinski definition) is 1. The van der Waals surface area contributed by atoms with E-state index in [0.717, 1.165) is 12.3 Å². The van der Waals surface area contributed by atoms with E-state index in [4.69, 9.17) is 9.47 Å². The topological polar surface area (TPSA) is 77.8 Å². The summed E-state index contributed by atoms with van der Waals surface area (Å²) in [6.07, 6.45) is -4.46. The van der Waals surface area contributed by atoms with E-state index in [9.17, 15) is 18.0 Å². The first-order chi connectivity index (χ1) is 12.9. The molecule has 2 aromatic heterocycles. The summed E-state index contributed by atoms with van der Waals surface area (Å²) in [4.78, 5) is 12.3. The molecule has 0 saturated heterocycles. The molecule has 27 heavy (non-hydrogen) atoms. The van der Waals surface area contributed by atoms with Crippen molar-refractivity contribution < 1.29 is 27.4 Å². The number of fused-ring (bicyclic) bond motifs is 2. The van der Waals surface area contributed by atoms with Crippen molar-refractivity contribution in [2.75, 3.05) is 6.61 Å². The van der Waals surface area contributed by atoms with Gasteiger partial charge in [0.1, 0.15) is 6.61 Å². The molecule has 1 atom stereocenters. The van der Waals surface area contributed by atoms with Gasteiger partial charge in [-0.3, -0.25) is 9.20 Å². The van der Waals surface area contributed by atoms with Crippen LogP contribution in [0.3, 0.4) is 0 Å². The highest BCUT2D eigenvalue weighted by Crippen LogP contribution is 2.31. The number of carbonyl (C=O) groups is 1. The number of nitrogens with one attached hydrogen (secondary N) is 1. The molecule has 1 aromatic carbocycles. The van der Waals surface area contributed by atoms with E-state index in [2.05, 4.69) is 15.5 Å². The molecule has 0 bridgehead atoms. The predicted molar refractivity (Wildman–Crippen MR) is 86.2 cm³/mol. The molecule has 3 heterocycles. The lowest BCUT2D eigenvalue weighted by Crippen LogP contribution is -2.43. The molecule has 0 fully saturated rings. The molecule has 1 aliphatic rings. The van der Waals surface area contributed by atoms with Gasteiger partial charge in [0.25, 0.3) is 5.91 Å². The minimum atomic E-state index is -4.49. The van der Waals surface area contributed by atoms with Gasteiger partial charge < -0.3 is 14.8 Å². The predicted octanol–water partition coefficient (Wildman–Crippen LogP) is 2.20. The van der Waals surface area contributed by atoms with Gasteiger partial charge in [0.2, 0.25) is 6.10 Å². The van der Waals surface area contributed by atoms with Gasteiger partial charge in [0.05, 0.1) is 12.1 Å². The van der Waals surface area contributed by atoms with Crippen molar-refractivity contribution in [2.45, 2.75) is 18.8 Å². The van der Waals surface area contributed by atoms with Crippen LogP contribution >= 0.6 is 0 Å². The van der Waals surface area contributed by atoms with E-state index in [0.29, 0.717) is 11.5 Å². The van der Waals surface area contributed by atoms with E-state index < -0.39 is 23.8 Å². The summed E-state index contributed by atoms with van der Waals surface area (Å²) in [5, 5.41) is 10.2. The van der Waals surface area contributed by atoms with Gasteiger partial charge in [-0.25, -0.2) is 0 Å². The zero-order valence-corrected chi connectivity index (χ0v) is 13.7. The molecule has 1 amide bonds. The first-order valence-electron chi connectivity index (χ1n) is 7.99. The second-order valence-corrected chi connectivity index (χ2v) is 5.84. The summed E-state index contributed by atoms with van der Waals surface area (Å²) in [7, 11) is 0. The number of aromatic nitrogens is 3. The third kappa shape index (κ3) is 3.37. The quantitative estimate of drug-likeness (QED) is 0.756. The number of halogens is 3. The average Bonchev–Trinajstić information content (AvgIpc) is 3.07. The number of pyridine rings is 1. The first-order valence-corrected chi connectivity index (χ1v) is 7.99. The standard InChI is InChI=1S/C17H13F3N4O3/c18-17(19,20)10-5-6-14-22-23-15(24(14)8-10)7-21-16(25)13-9-26-11-3-1-2-4-12(11)27-13/h1-6,8,13H,7,9H2,(H,21,25). The number of para-hydroxylation sites is 2. The second kappa shape index (κ2) is 6.45. The maximum atomic E-state index is 12.9. The number of amides is 1. The van der Waals surface area contributed by atoms with Crippen LogP contribution in [0.5, 0.6) is 11.5 Å². The van der Waals surface area contributed by atoms with Crippen molar-refractivity contribution in [1.29, 1.82) is 0 Å². The summed E-state index contributed by atoms with van der Waals surface area (Å²) in [6, 6.07) is 9.09. The summed E-state index contributed by atoms with van der Waals surface area (Å²) in [5.41, 5.74) is -0.582. The molecule has 0 radical (unpaired) electrons. The van der Waals surface area contributed by atoms with Crippen LogP contribution in [0.25, 0.3) is 5.65 Å². The fourth-order valence-electron chi connectivity index (χ4n) is 2.66. The van der Waals surface area contributed by atoms with E-state index in [1.54, 1.807) is 24.3 Å². The Bertz CT molecular complexity index is 1000. The molecule has 10 heteroatoms.